The van der Waals surface area contributed by atoms with Gasteiger partial charge in [-0.3, -0.25) is 0 Å². The van der Waals surface area contributed by atoms with Gasteiger partial charge < -0.3 is 15.7 Å². The lowest BCUT2D eigenvalue weighted by molar-refractivity contribution is -0.137. The number of anilines is 1. The lowest BCUT2D eigenvalue weighted by Gasteiger charge is -2.17. The predicted molar refractivity (Wildman–Crippen MR) is 77.5 cm³/mol. The third-order valence-corrected chi connectivity index (χ3v) is 3.36. The van der Waals surface area contributed by atoms with E-state index in [2.05, 4.69) is 10.6 Å². The second kappa shape index (κ2) is 8.14. The van der Waals surface area contributed by atoms with Gasteiger partial charge in [-0.25, -0.2) is 4.79 Å². The van der Waals surface area contributed by atoms with E-state index in [1.54, 1.807) is 0 Å². The van der Waals surface area contributed by atoms with E-state index in [1.165, 1.54) is 23.9 Å². The van der Waals surface area contributed by atoms with Gasteiger partial charge in [0.05, 0.1) is 5.56 Å². The van der Waals surface area contributed by atoms with Crippen LogP contribution in [-0.4, -0.2) is 35.8 Å². The van der Waals surface area contributed by atoms with Gasteiger partial charge in [0, 0.05) is 24.1 Å². The van der Waals surface area contributed by atoms with Crippen molar-refractivity contribution >= 4 is 23.5 Å². The van der Waals surface area contributed by atoms with Gasteiger partial charge in [0.15, 0.2) is 0 Å². The van der Waals surface area contributed by atoms with E-state index in [4.69, 9.17) is 5.11 Å². The normalized spacial score (nSPS) is 12.8. The van der Waals surface area contributed by atoms with Gasteiger partial charge >= 0.3 is 12.2 Å². The van der Waals surface area contributed by atoms with E-state index in [0.717, 1.165) is 12.1 Å². The van der Waals surface area contributed by atoms with E-state index >= 15 is 0 Å². The van der Waals surface area contributed by atoms with Crippen LogP contribution in [-0.2, 0) is 6.18 Å². The maximum Gasteiger partial charge on any atom is 0.416 e. The highest BCUT2D eigenvalue weighted by Gasteiger charge is 2.30. The highest BCUT2D eigenvalue weighted by Crippen LogP contribution is 2.30. The first kappa shape index (κ1) is 17.6. The molecule has 1 atom stereocenters. The summed E-state index contributed by atoms with van der Waals surface area (Å²) >= 11 is 1.50. The van der Waals surface area contributed by atoms with Crippen molar-refractivity contribution < 1.29 is 23.1 Å². The van der Waals surface area contributed by atoms with Gasteiger partial charge in [-0.15, -0.1) is 0 Å². The fourth-order valence-electron chi connectivity index (χ4n) is 1.68. The lowest BCUT2D eigenvalue weighted by atomic mass is 10.2. The van der Waals surface area contributed by atoms with E-state index in [-0.39, 0.29) is 18.3 Å². The molecule has 0 aliphatic heterocycles. The number of thioether (sulfide) groups is 1. The molecule has 1 aromatic carbocycles. The third-order valence-electron chi connectivity index (χ3n) is 2.63. The molecule has 0 heterocycles. The molecular formula is C13H17F3N2O2S. The zero-order valence-corrected chi connectivity index (χ0v) is 12.2. The van der Waals surface area contributed by atoms with Crippen LogP contribution in [0.15, 0.2) is 24.3 Å². The molecular weight excluding hydrogens is 305 g/mol. The van der Waals surface area contributed by atoms with Crippen molar-refractivity contribution in [3.8, 4) is 0 Å². The Morgan fingerprint density at radius 1 is 1.43 bits per heavy atom. The lowest BCUT2D eigenvalue weighted by Crippen LogP contribution is -2.40. The Labute approximate surface area is 125 Å². The zero-order valence-electron chi connectivity index (χ0n) is 11.4. The smallest absolute Gasteiger partial charge is 0.396 e. The van der Waals surface area contributed by atoms with Crippen LogP contribution >= 0.6 is 11.8 Å². The Morgan fingerprint density at radius 2 is 2.14 bits per heavy atom. The van der Waals surface area contributed by atoms with Gasteiger partial charge in [0.2, 0.25) is 0 Å². The fraction of sp³-hybridized carbons (Fsp3) is 0.462. The quantitative estimate of drug-likeness (QED) is 0.754. The van der Waals surface area contributed by atoms with Gasteiger partial charge in [-0.05, 0) is 30.9 Å². The summed E-state index contributed by atoms with van der Waals surface area (Å²) in [5.41, 5.74) is -0.759. The van der Waals surface area contributed by atoms with Crippen LogP contribution in [0.5, 0.6) is 0 Å². The van der Waals surface area contributed by atoms with Crippen molar-refractivity contribution in [3.63, 3.8) is 0 Å². The molecule has 0 saturated heterocycles. The summed E-state index contributed by atoms with van der Waals surface area (Å²) in [5.74, 6) is 0.608. The zero-order chi connectivity index (χ0) is 15.9. The number of benzene rings is 1. The van der Waals surface area contributed by atoms with E-state index in [9.17, 15) is 18.0 Å². The summed E-state index contributed by atoms with van der Waals surface area (Å²) in [5, 5.41) is 13.9. The van der Waals surface area contributed by atoms with Crippen LogP contribution < -0.4 is 10.6 Å². The summed E-state index contributed by atoms with van der Waals surface area (Å²) in [4.78, 5) is 11.7. The number of nitrogens with one attached hydrogen (secondary N) is 2. The molecule has 2 amide bonds. The van der Waals surface area contributed by atoms with Gasteiger partial charge in [-0.2, -0.15) is 24.9 Å². The van der Waals surface area contributed by atoms with Crippen LogP contribution in [0.4, 0.5) is 23.7 Å². The summed E-state index contributed by atoms with van der Waals surface area (Å²) in [6.07, 6.45) is -2.21. The molecule has 21 heavy (non-hydrogen) atoms. The molecule has 8 heteroatoms. The summed E-state index contributed by atoms with van der Waals surface area (Å²) in [6.45, 7) is -0.0743. The maximum atomic E-state index is 12.6. The average molecular weight is 322 g/mol. The number of halogens is 3. The summed E-state index contributed by atoms with van der Waals surface area (Å²) in [7, 11) is 0. The molecule has 4 nitrogen and oxygen atoms in total. The SMILES string of the molecule is CSCC(CCO)NC(=O)Nc1cccc(C(F)(F)F)c1. The fourth-order valence-corrected chi connectivity index (χ4v) is 2.33. The van der Waals surface area contributed by atoms with Crippen LogP contribution in [0, 0.1) is 0 Å². The first-order chi connectivity index (χ1) is 9.86. The molecule has 0 aliphatic rings. The number of carbonyl (C=O) groups is 1. The molecule has 1 unspecified atom stereocenters. The van der Waals surface area contributed by atoms with Crippen molar-refractivity contribution in [1.29, 1.82) is 0 Å². The van der Waals surface area contributed by atoms with Crippen molar-refractivity contribution in [2.45, 2.75) is 18.6 Å². The highest BCUT2D eigenvalue weighted by molar-refractivity contribution is 7.98. The molecule has 118 valence electrons. The molecule has 0 aromatic heterocycles. The Kier molecular flexibility index (Phi) is 6.83. The van der Waals surface area contributed by atoms with E-state index in [0.29, 0.717) is 12.2 Å². The first-order valence-corrected chi connectivity index (χ1v) is 7.60. The highest BCUT2D eigenvalue weighted by atomic mass is 32.2. The largest absolute Gasteiger partial charge is 0.416 e. The average Bonchev–Trinajstić information content (AvgIpc) is 2.38. The molecule has 0 aliphatic carbocycles. The molecule has 1 aromatic rings. The van der Waals surface area contributed by atoms with Crippen molar-refractivity contribution in [2.75, 3.05) is 23.9 Å². The third kappa shape index (κ3) is 6.26. The number of rotatable bonds is 6. The monoisotopic (exact) mass is 322 g/mol. The molecule has 0 saturated carbocycles. The minimum atomic E-state index is -4.45. The molecule has 0 bridgehead atoms. The van der Waals surface area contributed by atoms with Crippen molar-refractivity contribution in [1.82, 2.24) is 5.32 Å². The molecule has 1 rings (SSSR count). The number of aliphatic hydroxyl groups excluding tert-OH is 1. The Balaban J connectivity index is 2.66. The Morgan fingerprint density at radius 3 is 2.71 bits per heavy atom. The standard InChI is InChI=1S/C13H17F3N2O2S/c1-21-8-11(5-6-19)18-12(20)17-10-4-2-3-9(7-10)13(14,15)16/h2-4,7,11,19H,5-6,8H2,1H3,(H2,17,18,20). The van der Waals surface area contributed by atoms with Crippen LogP contribution in [0.25, 0.3) is 0 Å². The van der Waals surface area contributed by atoms with Crippen LogP contribution in [0.1, 0.15) is 12.0 Å². The van der Waals surface area contributed by atoms with Gasteiger partial charge in [0.1, 0.15) is 0 Å². The number of hydrogen-bond acceptors (Lipinski definition) is 3. The number of aliphatic hydroxyl groups is 1. The molecule has 3 N–H and O–H groups in total. The number of alkyl halides is 3. The number of amides is 2. The second-order valence-electron chi connectivity index (χ2n) is 4.34. The van der Waals surface area contributed by atoms with Crippen LogP contribution in [0.2, 0.25) is 0 Å². The van der Waals surface area contributed by atoms with Crippen molar-refractivity contribution in [3.05, 3.63) is 29.8 Å². The molecule has 0 fully saturated rings. The van der Waals surface area contributed by atoms with Crippen molar-refractivity contribution in [2.24, 2.45) is 0 Å². The minimum absolute atomic E-state index is 0.0641. The van der Waals surface area contributed by atoms with E-state index in [1.807, 2.05) is 6.26 Å². The number of urea groups is 1. The molecule has 0 spiro atoms. The summed E-state index contributed by atoms with van der Waals surface area (Å²) < 4.78 is 37.7. The summed E-state index contributed by atoms with van der Waals surface area (Å²) in [6, 6.07) is 3.58. The second-order valence-corrected chi connectivity index (χ2v) is 5.25. The van der Waals surface area contributed by atoms with E-state index < -0.39 is 17.8 Å². The number of carbonyl (C=O) groups excluding carboxylic acids is 1. The van der Waals surface area contributed by atoms with Gasteiger partial charge in [-0.1, -0.05) is 6.07 Å². The Hall–Kier alpha value is -1.41. The Bertz CT molecular complexity index is 463. The minimum Gasteiger partial charge on any atom is -0.396 e. The van der Waals surface area contributed by atoms with Gasteiger partial charge in [0.25, 0.3) is 0 Å². The first-order valence-electron chi connectivity index (χ1n) is 6.21. The predicted octanol–water partition coefficient (Wildman–Crippen LogP) is 2.94. The maximum absolute atomic E-state index is 12.6. The molecule has 0 radical (unpaired) electrons. The number of hydrogen-bond donors (Lipinski definition) is 3. The van der Waals surface area contributed by atoms with Crippen LogP contribution in [0.3, 0.4) is 0 Å². The topological polar surface area (TPSA) is 61.4 Å².